The Hall–Kier alpha value is -1.84. The van der Waals surface area contributed by atoms with Crippen molar-refractivity contribution in [3.63, 3.8) is 0 Å². The Morgan fingerprint density at radius 2 is 1.86 bits per heavy atom. The van der Waals surface area contributed by atoms with Crippen molar-refractivity contribution in [1.29, 1.82) is 0 Å². The number of fused-ring (bicyclic) bond motifs is 1. The highest BCUT2D eigenvalue weighted by Crippen LogP contribution is 2.27. The molecule has 0 heterocycles. The van der Waals surface area contributed by atoms with Crippen LogP contribution in [0, 0.1) is 5.92 Å². The van der Waals surface area contributed by atoms with Crippen molar-refractivity contribution in [3.8, 4) is 0 Å². The van der Waals surface area contributed by atoms with Gasteiger partial charge in [-0.2, -0.15) is 0 Å². The van der Waals surface area contributed by atoms with Gasteiger partial charge in [0.05, 0.1) is 5.92 Å². The highest BCUT2D eigenvalue weighted by Gasteiger charge is 2.27. The molecule has 0 aromatic heterocycles. The molecule has 118 valence electrons. The molecule has 1 amide bonds. The number of esters is 1. The lowest BCUT2D eigenvalue weighted by atomic mass is 10.1. The van der Waals surface area contributed by atoms with E-state index in [4.69, 9.17) is 4.74 Å². The molecular formula is C18H23NO3. The van der Waals surface area contributed by atoms with E-state index in [1.807, 2.05) is 12.1 Å². The summed E-state index contributed by atoms with van der Waals surface area (Å²) >= 11 is 0. The second kappa shape index (κ2) is 6.51. The second-order valence-corrected chi connectivity index (χ2v) is 6.39. The van der Waals surface area contributed by atoms with E-state index in [-0.39, 0.29) is 17.8 Å². The zero-order chi connectivity index (χ0) is 15.5. The molecule has 4 heteroatoms. The van der Waals surface area contributed by atoms with E-state index in [0.717, 1.165) is 44.2 Å². The van der Waals surface area contributed by atoms with Crippen molar-refractivity contribution < 1.29 is 14.3 Å². The van der Waals surface area contributed by atoms with Crippen molar-refractivity contribution >= 4 is 17.6 Å². The summed E-state index contributed by atoms with van der Waals surface area (Å²) in [6.07, 6.45) is 6.56. The Bertz CT molecular complexity index is 576. The Kier molecular flexibility index (Phi) is 4.46. The molecule has 22 heavy (non-hydrogen) atoms. The first-order valence-electron chi connectivity index (χ1n) is 8.26. The largest absolute Gasteiger partial charge is 0.452 e. The van der Waals surface area contributed by atoms with Crippen LogP contribution in [0.3, 0.4) is 0 Å². The molecule has 1 aromatic carbocycles. The summed E-state index contributed by atoms with van der Waals surface area (Å²) < 4.78 is 5.31. The summed E-state index contributed by atoms with van der Waals surface area (Å²) in [5, 5.41) is 2.85. The predicted molar refractivity (Wildman–Crippen MR) is 84.6 cm³/mol. The average Bonchev–Trinajstić information content (AvgIpc) is 3.18. The number of aryl methyl sites for hydroxylation is 2. The van der Waals surface area contributed by atoms with Crippen molar-refractivity contribution in [2.24, 2.45) is 5.92 Å². The molecule has 0 spiro atoms. The summed E-state index contributed by atoms with van der Waals surface area (Å²) in [6, 6.07) is 6.03. The van der Waals surface area contributed by atoms with Gasteiger partial charge in [-0.25, -0.2) is 0 Å². The van der Waals surface area contributed by atoms with E-state index in [2.05, 4.69) is 11.4 Å². The average molecular weight is 301 g/mol. The van der Waals surface area contributed by atoms with E-state index >= 15 is 0 Å². The number of ether oxygens (including phenoxy) is 1. The van der Waals surface area contributed by atoms with Crippen LogP contribution in [0.4, 0.5) is 5.69 Å². The molecule has 0 unspecified atom stereocenters. The number of rotatable bonds is 4. The van der Waals surface area contributed by atoms with Gasteiger partial charge in [-0.3, -0.25) is 9.59 Å². The van der Waals surface area contributed by atoms with Crippen LogP contribution in [0.5, 0.6) is 0 Å². The Balaban J connectivity index is 1.55. The van der Waals surface area contributed by atoms with Crippen molar-refractivity contribution in [2.75, 3.05) is 5.32 Å². The molecule has 0 bridgehead atoms. The van der Waals surface area contributed by atoms with Crippen LogP contribution in [0.1, 0.15) is 50.2 Å². The number of carbonyl (C=O) groups excluding carboxylic acids is 2. The van der Waals surface area contributed by atoms with Gasteiger partial charge in [-0.1, -0.05) is 18.9 Å². The molecule has 2 aliphatic carbocycles. The highest BCUT2D eigenvalue weighted by atomic mass is 16.5. The lowest BCUT2D eigenvalue weighted by Gasteiger charge is -2.16. The third-order valence-electron chi connectivity index (χ3n) is 4.72. The molecule has 3 rings (SSSR count). The van der Waals surface area contributed by atoms with E-state index in [1.54, 1.807) is 6.92 Å². The lowest BCUT2D eigenvalue weighted by molar-refractivity contribution is -0.157. The predicted octanol–water partition coefficient (Wildman–Crippen LogP) is 3.24. The molecule has 2 aliphatic rings. The van der Waals surface area contributed by atoms with E-state index in [9.17, 15) is 9.59 Å². The fourth-order valence-corrected chi connectivity index (χ4v) is 3.38. The molecular weight excluding hydrogens is 278 g/mol. The maximum absolute atomic E-state index is 12.2. The Labute approximate surface area is 131 Å². The number of amides is 1. The van der Waals surface area contributed by atoms with Gasteiger partial charge in [0, 0.05) is 5.69 Å². The maximum atomic E-state index is 12.2. The summed E-state index contributed by atoms with van der Waals surface area (Å²) in [5.74, 6) is -0.506. The number of anilines is 1. The van der Waals surface area contributed by atoms with E-state index < -0.39 is 6.10 Å². The highest BCUT2D eigenvalue weighted by molar-refractivity contribution is 5.95. The Morgan fingerprint density at radius 1 is 1.14 bits per heavy atom. The second-order valence-electron chi connectivity index (χ2n) is 6.39. The quantitative estimate of drug-likeness (QED) is 0.869. The normalized spacial score (nSPS) is 18.8. The number of hydrogen-bond donors (Lipinski definition) is 1. The van der Waals surface area contributed by atoms with Crippen molar-refractivity contribution in [3.05, 3.63) is 29.3 Å². The van der Waals surface area contributed by atoms with Gasteiger partial charge in [0.25, 0.3) is 5.91 Å². The third kappa shape index (κ3) is 3.32. The summed E-state index contributed by atoms with van der Waals surface area (Å²) in [7, 11) is 0. The fraction of sp³-hybridized carbons (Fsp3) is 0.556. The zero-order valence-corrected chi connectivity index (χ0v) is 13.1. The fourth-order valence-electron chi connectivity index (χ4n) is 3.38. The topological polar surface area (TPSA) is 55.4 Å². The van der Waals surface area contributed by atoms with Gasteiger partial charge < -0.3 is 10.1 Å². The maximum Gasteiger partial charge on any atom is 0.309 e. The smallest absolute Gasteiger partial charge is 0.309 e. The van der Waals surface area contributed by atoms with Crippen molar-refractivity contribution in [1.82, 2.24) is 0 Å². The SMILES string of the molecule is C[C@@H](OC(=O)C1CCCC1)C(=O)Nc1ccc2c(c1)CCC2. The van der Waals surface area contributed by atoms with Crippen LogP contribution >= 0.6 is 0 Å². The zero-order valence-electron chi connectivity index (χ0n) is 13.1. The molecule has 1 N–H and O–H groups in total. The number of nitrogens with one attached hydrogen (secondary N) is 1. The molecule has 0 aliphatic heterocycles. The van der Waals surface area contributed by atoms with Crippen LogP contribution in [-0.4, -0.2) is 18.0 Å². The standard InChI is InChI=1S/C18H23NO3/c1-12(22-18(21)14-5-2-3-6-14)17(20)19-16-10-9-13-7-4-8-15(13)11-16/h9-12,14H,2-8H2,1H3,(H,19,20)/t12-/m1/s1. The summed E-state index contributed by atoms with van der Waals surface area (Å²) in [5.41, 5.74) is 3.47. The third-order valence-corrected chi connectivity index (χ3v) is 4.72. The van der Waals surface area contributed by atoms with Gasteiger partial charge in [-0.15, -0.1) is 0 Å². The number of benzene rings is 1. The minimum atomic E-state index is -0.749. The van der Waals surface area contributed by atoms with Crippen molar-refractivity contribution in [2.45, 2.75) is 58.0 Å². The monoisotopic (exact) mass is 301 g/mol. The summed E-state index contributed by atoms with van der Waals surface area (Å²) in [4.78, 5) is 24.1. The molecule has 1 fully saturated rings. The summed E-state index contributed by atoms with van der Waals surface area (Å²) in [6.45, 7) is 1.63. The van der Waals surface area contributed by atoms with Gasteiger partial charge in [0.1, 0.15) is 0 Å². The lowest BCUT2D eigenvalue weighted by Crippen LogP contribution is -2.31. The van der Waals surface area contributed by atoms with Crippen LogP contribution in [0.2, 0.25) is 0 Å². The first-order valence-corrected chi connectivity index (χ1v) is 8.26. The molecule has 4 nitrogen and oxygen atoms in total. The molecule has 1 saturated carbocycles. The first kappa shape index (κ1) is 15.1. The molecule has 1 atom stereocenters. The van der Waals surface area contributed by atoms with Crippen LogP contribution < -0.4 is 5.32 Å². The molecule has 0 radical (unpaired) electrons. The van der Waals surface area contributed by atoms with Crippen LogP contribution in [0.15, 0.2) is 18.2 Å². The van der Waals surface area contributed by atoms with Gasteiger partial charge in [-0.05, 0) is 62.3 Å². The Morgan fingerprint density at radius 3 is 2.64 bits per heavy atom. The van der Waals surface area contributed by atoms with Crippen LogP contribution in [-0.2, 0) is 27.2 Å². The van der Waals surface area contributed by atoms with Crippen LogP contribution in [0.25, 0.3) is 0 Å². The minimum Gasteiger partial charge on any atom is -0.452 e. The number of hydrogen-bond acceptors (Lipinski definition) is 3. The van der Waals surface area contributed by atoms with E-state index in [0.29, 0.717) is 0 Å². The molecule has 0 saturated heterocycles. The van der Waals surface area contributed by atoms with E-state index in [1.165, 1.54) is 17.5 Å². The first-order chi connectivity index (χ1) is 10.6. The minimum absolute atomic E-state index is 0.0183. The van der Waals surface area contributed by atoms with Gasteiger partial charge >= 0.3 is 5.97 Å². The van der Waals surface area contributed by atoms with Gasteiger partial charge in [0.15, 0.2) is 6.10 Å². The number of carbonyl (C=O) groups is 2. The molecule has 1 aromatic rings. The van der Waals surface area contributed by atoms with Gasteiger partial charge in [0.2, 0.25) is 0 Å².